The van der Waals surface area contributed by atoms with Crippen LogP contribution < -0.4 is 0 Å². The van der Waals surface area contributed by atoms with Crippen molar-refractivity contribution < 1.29 is 9.53 Å². The second-order valence-corrected chi connectivity index (χ2v) is 5.75. The fourth-order valence-corrected chi connectivity index (χ4v) is 3.18. The Kier molecular flexibility index (Phi) is 3.09. The van der Waals surface area contributed by atoms with Crippen molar-refractivity contribution in [1.82, 2.24) is 4.98 Å². The SMILES string of the molecule is O=C1OC(=Cc2csc(-c3ccccc3)n2)c2ccccc21. The number of rotatable bonds is 2. The van der Waals surface area contributed by atoms with E-state index in [0.717, 1.165) is 21.8 Å². The summed E-state index contributed by atoms with van der Waals surface area (Å²) in [5.41, 5.74) is 3.30. The summed E-state index contributed by atoms with van der Waals surface area (Å²) in [6.07, 6.45) is 1.81. The van der Waals surface area contributed by atoms with Gasteiger partial charge in [0.15, 0.2) is 0 Å². The summed E-state index contributed by atoms with van der Waals surface area (Å²) in [7, 11) is 0. The number of nitrogens with zero attached hydrogens (tertiary/aromatic N) is 1. The maximum Gasteiger partial charge on any atom is 0.344 e. The molecule has 0 amide bonds. The molecule has 2 aromatic carbocycles. The van der Waals surface area contributed by atoms with E-state index in [0.29, 0.717) is 11.3 Å². The Bertz CT molecular complexity index is 881. The number of benzene rings is 2. The molecule has 3 aromatic rings. The van der Waals surface area contributed by atoms with Crippen LogP contribution in [0.3, 0.4) is 0 Å². The van der Waals surface area contributed by atoms with Crippen molar-refractivity contribution in [3.05, 3.63) is 76.8 Å². The van der Waals surface area contributed by atoms with Crippen LogP contribution in [-0.4, -0.2) is 11.0 Å². The molecule has 4 rings (SSSR count). The van der Waals surface area contributed by atoms with Crippen LogP contribution in [-0.2, 0) is 4.74 Å². The molecular formula is C18H11NO2S. The number of aromatic nitrogens is 1. The summed E-state index contributed by atoms with van der Waals surface area (Å²) < 4.78 is 5.34. The molecule has 4 heteroatoms. The van der Waals surface area contributed by atoms with E-state index >= 15 is 0 Å². The van der Waals surface area contributed by atoms with E-state index in [9.17, 15) is 4.79 Å². The third-order valence-electron chi connectivity index (χ3n) is 3.44. The van der Waals surface area contributed by atoms with Crippen LogP contribution in [0.5, 0.6) is 0 Å². The topological polar surface area (TPSA) is 39.2 Å². The molecule has 0 fully saturated rings. The molecule has 1 aromatic heterocycles. The predicted molar refractivity (Wildman–Crippen MR) is 87.3 cm³/mol. The minimum Gasteiger partial charge on any atom is -0.422 e. The number of ether oxygens (including phenoxy) is 1. The highest BCUT2D eigenvalue weighted by molar-refractivity contribution is 7.13. The van der Waals surface area contributed by atoms with Gasteiger partial charge < -0.3 is 4.74 Å². The number of carbonyl (C=O) groups is 1. The van der Waals surface area contributed by atoms with E-state index in [1.54, 1.807) is 17.4 Å². The summed E-state index contributed by atoms with van der Waals surface area (Å²) >= 11 is 1.57. The fraction of sp³-hybridized carbons (Fsp3) is 0. The molecule has 0 saturated heterocycles. The minimum atomic E-state index is -0.305. The van der Waals surface area contributed by atoms with Gasteiger partial charge in [-0.2, -0.15) is 0 Å². The quantitative estimate of drug-likeness (QED) is 0.655. The third-order valence-corrected chi connectivity index (χ3v) is 4.35. The van der Waals surface area contributed by atoms with Gasteiger partial charge in [0.05, 0.1) is 11.3 Å². The van der Waals surface area contributed by atoms with Crippen LogP contribution in [0.15, 0.2) is 60.0 Å². The lowest BCUT2D eigenvalue weighted by atomic mass is 10.1. The Morgan fingerprint density at radius 1 is 0.955 bits per heavy atom. The Morgan fingerprint density at radius 3 is 2.50 bits per heavy atom. The van der Waals surface area contributed by atoms with E-state index < -0.39 is 0 Å². The lowest BCUT2D eigenvalue weighted by Gasteiger charge is -1.96. The number of thiazole rings is 1. The molecule has 0 N–H and O–H groups in total. The van der Waals surface area contributed by atoms with Crippen LogP contribution >= 0.6 is 11.3 Å². The Hall–Kier alpha value is -2.72. The zero-order valence-electron chi connectivity index (χ0n) is 11.5. The average molecular weight is 305 g/mol. The first-order valence-corrected chi connectivity index (χ1v) is 7.73. The highest BCUT2D eigenvalue weighted by Gasteiger charge is 2.25. The lowest BCUT2D eigenvalue weighted by molar-refractivity contribution is 0.0717. The zero-order chi connectivity index (χ0) is 14.9. The number of fused-ring (bicyclic) bond motifs is 1. The highest BCUT2D eigenvalue weighted by atomic mass is 32.1. The molecule has 1 aliphatic rings. The molecule has 0 radical (unpaired) electrons. The van der Waals surface area contributed by atoms with Gasteiger partial charge in [-0.1, -0.05) is 48.5 Å². The number of hydrogen-bond donors (Lipinski definition) is 0. The van der Waals surface area contributed by atoms with E-state index in [4.69, 9.17) is 4.74 Å². The number of esters is 1. The summed E-state index contributed by atoms with van der Waals surface area (Å²) in [5.74, 6) is 0.255. The molecule has 0 atom stereocenters. The number of hydrogen-bond acceptors (Lipinski definition) is 4. The molecule has 2 heterocycles. The van der Waals surface area contributed by atoms with Crippen LogP contribution in [0.25, 0.3) is 22.4 Å². The van der Waals surface area contributed by atoms with Gasteiger partial charge in [0.1, 0.15) is 10.8 Å². The first-order chi connectivity index (χ1) is 10.8. The van der Waals surface area contributed by atoms with Crippen LogP contribution in [0.2, 0.25) is 0 Å². The molecule has 0 aliphatic carbocycles. The largest absolute Gasteiger partial charge is 0.422 e. The van der Waals surface area contributed by atoms with Gasteiger partial charge in [0.2, 0.25) is 0 Å². The van der Waals surface area contributed by atoms with Gasteiger partial charge in [0, 0.05) is 22.6 Å². The van der Waals surface area contributed by atoms with Gasteiger partial charge in [-0.05, 0) is 6.07 Å². The molecule has 0 saturated carbocycles. The van der Waals surface area contributed by atoms with Gasteiger partial charge in [-0.25, -0.2) is 9.78 Å². The monoisotopic (exact) mass is 305 g/mol. The molecule has 0 unspecified atom stereocenters. The number of cyclic esters (lactones) is 1. The van der Waals surface area contributed by atoms with Crippen molar-refractivity contribution >= 4 is 29.1 Å². The van der Waals surface area contributed by atoms with E-state index in [2.05, 4.69) is 4.98 Å². The van der Waals surface area contributed by atoms with Crippen molar-refractivity contribution in [2.45, 2.75) is 0 Å². The first-order valence-electron chi connectivity index (χ1n) is 6.85. The van der Waals surface area contributed by atoms with Crippen molar-refractivity contribution in [3.8, 4) is 10.6 Å². The smallest absolute Gasteiger partial charge is 0.344 e. The highest BCUT2D eigenvalue weighted by Crippen LogP contribution is 2.32. The lowest BCUT2D eigenvalue weighted by Crippen LogP contribution is -1.92. The summed E-state index contributed by atoms with van der Waals surface area (Å²) in [6, 6.07) is 17.4. The second kappa shape index (κ2) is 5.24. The Labute approximate surface area is 131 Å². The molecule has 0 spiro atoms. The molecule has 0 bridgehead atoms. The standard InChI is InChI=1S/C18H11NO2S/c20-18-15-9-5-4-8-14(15)16(21-18)10-13-11-22-17(19-13)12-6-2-1-3-7-12/h1-11H. The Morgan fingerprint density at radius 2 is 1.68 bits per heavy atom. The maximum absolute atomic E-state index is 11.8. The van der Waals surface area contributed by atoms with Gasteiger partial charge in [-0.15, -0.1) is 11.3 Å². The van der Waals surface area contributed by atoms with Crippen molar-refractivity contribution in [2.75, 3.05) is 0 Å². The molecule has 3 nitrogen and oxygen atoms in total. The molecule has 22 heavy (non-hydrogen) atoms. The van der Waals surface area contributed by atoms with Gasteiger partial charge in [-0.3, -0.25) is 0 Å². The fourth-order valence-electron chi connectivity index (χ4n) is 2.39. The van der Waals surface area contributed by atoms with E-state index in [-0.39, 0.29) is 5.97 Å². The van der Waals surface area contributed by atoms with E-state index in [1.165, 1.54) is 0 Å². The van der Waals surface area contributed by atoms with Crippen molar-refractivity contribution in [3.63, 3.8) is 0 Å². The molecular weight excluding hydrogens is 294 g/mol. The van der Waals surface area contributed by atoms with Crippen molar-refractivity contribution in [1.29, 1.82) is 0 Å². The zero-order valence-corrected chi connectivity index (χ0v) is 12.3. The summed E-state index contributed by atoms with van der Waals surface area (Å²) in [6.45, 7) is 0. The van der Waals surface area contributed by atoms with Crippen LogP contribution in [0.4, 0.5) is 0 Å². The minimum absolute atomic E-state index is 0.305. The maximum atomic E-state index is 11.8. The molecule has 106 valence electrons. The van der Waals surface area contributed by atoms with Gasteiger partial charge in [0.25, 0.3) is 0 Å². The van der Waals surface area contributed by atoms with Crippen LogP contribution in [0, 0.1) is 0 Å². The number of carbonyl (C=O) groups excluding carboxylic acids is 1. The predicted octanol–water partition coefficient (Wildman–Crippen LogP) is 4.48. The van der Waals surface area contributed by atoms with E-state index in [1.807, 2.05) is 60.0 Å². The first kappa shape index (κ1) is 13.0. The normalized spacial score (nSPS) is 14.9. The summed E-state index contributed by atoms with van der Waals surface area (Å²) in [5, 5.41) is 2.91. The van der Waals surface area contributed by atoms with Crippen LogP contribution in [0.1, 0.15) is 21.6 Å². The Balaban J connectivity index is 1.70. The average Bonchev–Trinajstić information content (AvgIpc) is 3.15. The second-order valence-electron chi connectivity index (χ2n) is 4.89. The summed E-state index contributed by atoms with van der Waals surface area (Å²) in [4.78, 5) is 16.4. The van der Waals surface area contributed by atoms with Crippen molar-refractivity contribution in [2.24, 2.45) is 0 Å². The molecule has 1 aliphatic heterocycles. The third kappa shape index (κ3) is 2.23. The van der Waals surface area contributed by atoms with Gasteiger partial charge >= 0.3 is 5.97 Å².